The molecule has 2 atom stereocenters. The molecule has 0 spiro atoms. The van der Waals surface area contributed by atoms with E-state index in [2.05, 4.69) is 12.2 Å². The Morgan fingerprint density at radius 1 is 0.771 bits per heavy atom. The van der Waals surface area contributed by atoms with E-state index in [0.717, 1.165) is 13.0 Å². The first kappa shape index (κ1) is 35.0. The Kier molecular flexibility index (Phi) is 23.1. The number of methoxy groups -OCH3 is 1. The Balaban J connectivity index is 3.49. The van der Waals surface area contributed by atoms with Gasteiger partial charge < -0.3 is 19.4 Å². The van der Waals surface area contributed by atoms with Crippen LogP contribution < -0.4 is 5.32 Å². The molecule has 2 unspecified atom stereocenters. The van der Waals surface area contributed by atoms with Gasteiger partial charge in [-0.25, -0.2) is 4.57 Å². The van der Waals surface area contributed by atoms with Crippen LogP contribution in [0.25, 0.3) is 0 Å². The third-order valence-electron chi connectivity index (χ3n) is 6.35. The minimum absolute atomic E-state index is 0.0284. The highest BCUT2D eigenvalue weighted by Crippen LogP contribution is 2.43. The molecule has 0 radical (unpaired) electrons. The fourth-order valence-electron chi connectivity index (χ4n) is 3.92. The van der Waals surface area contributed by atoms with Gasteiger partial charge in [0.2, 0.25) is 0 Å². The molecule has 0 aromatic carbocycles. The van der Waals surface area contributed by atoms with Gasteiger partial charge in [-0.15, -0.1) is 0 Å². The maximum atomic E-state index is 12.0. The van der Waals surface area contributed by atoms with Crippen molar-refractivity contribution in [3.8, 4) is 0 Å². The molecule has 0 fully saturated rings. The van der Waals surface area contributed by atoms with E-state index in [4.69, 9.17) is 13.8 Å². The summed E-state index contributed by atoms with van der Waals surface area (Å²) in [5.41, 5.74) is 0. The third kappa shape index (κ3) is 26.9. The van der Waals surface area contributed by atoms with E-state index in [1.165, 1.54) is 96.3 Å². The zero-order valence-corrected chi connectivity index (χ0v) is 24.8. The lowest BCUT2D eigenvalue weighted by Crippen LogP contribution is -2.37. The average molecular weight is 524 g/mol. The smallest absolute Gasteiger partial charge is 0.378 e. The molecule has 0 bridgehead atoms. The number of quaternary nitrogens is 1. The molecule has 8 heteroatoms. The summed E-state index contributed by atoms with van der Waals surface area (Å²) in [4.78, 5) is 9.81. The molecular weight excluding hydrogens is 463 g/mol. The second-order valence-electron chi connectivity index (χ2n) is 11.0. The van der Waals surface area contributed by atoms with Crippen LogP contribution in [-0.4, -0.2) is 76.6 Å². The fraction of sp³-hybridized carbons (Fsp3) is 1.00. The van der Waals surface area contributed by atoms with Crippen molar-refractivity contribution in [3.05, 3.63) is 0 Å². The summed E-state index contributed by atoms with van der Waals surface area (Å²) in [5, 5.41) is 3.37. The number of unbranched alkanes of at least 4 members (excludes halogenated alkanes) is 15. The largest absolute Gasteiger partial charge is 0.472 e. The molecule has 0 rings (SSSR count). The van der Waals surface area contributed by atoms with Crippen LogP contribution in [0.1, 0.15) is 110 Å². The first-order chi connectivity index (χ1) is 16.7. The zero-order chi connectivity index (χ0) is 26.3. The molecule has 35 heavy (non-hydrogen) atoms. The van der Waals surface area contributed by atoms with Crippen molar-refractivity contribution in [1.82, 2.24) is 5.32 Å². The Hall–Kier alpha value is -0.0100. The number of rotatable bonds is 27. The van der Waals surface area contributed by atoms with Gasteiger partial charge in [-0.05, 0) is 13.0 Å². The number of phosphoric ester groups is 1. The normalized spacial score (nSPS) is 14.8. The molecule has 212 valence electrons. The van der Waals surface area contributed by atoms with Gasteiger partial charge in [0.05, 0.1) is 33.9 Å². The minimum atomic E-state index is -4.04. The third-order valence-corrected chi connectivity index (χ3v) is 7.34. The highest BCUT2D eigenvalue weighted by molar-refractivity contribution is 7.47. The van der Waals surface area contributed by atoms with E-state index in [-0.39, 0.29) is 19.3 Å². The van der Waals surface area contributed by atoms with Gasteiger partial charge in [0.1, 0.15) is 13.2 Å². The predicted octanol–water partition coefficient (Wildman–Crippen LogP) is 6.69. The number of hydrogen-bond acceptors (Lipinski definition) is 5. The zero-order valence-electron chi connectivity index (χ0n) is 23.9. The van der Waals surface area contributed by atoms with E-state index in [0.29, 0.717) is 17.6 Å². The second kappa shape index (κ2) is 23.1. The maximum Gasteiger partial charge on any atom is 0.472 e. The summed E-state index contributed by atoms with van der Waals surface area (Å²) in [6.07, 6.45) is 21.6. The quantitative estimate of drug-likeness (QED) is 0.0709. The number of hydrogen-bond donors (Lipinski definition) is 2. The molecule has 0 aliphatic rings. The van der Waals surface area contributed by atoms with Crippen LogP contribution in [-0.2, 0) is 18.3 Å². The van der Waals surface area contributed by atoms with Gasteiger partial charge in [-0.2, -0.15) is 0 Å². The molecule has 0 aromatic heterocycles. The average Bonchev–Trinajstić information content (AvgIpc) is 2.79. The Morgan fingerprint density at radius 3 is 1.66 bits per heavy atom. The Labute approximate surface area is 217 Å². The molecule has 0 heterocycles. The van der Waals surface area contributed by atoms with Crippen LogP contribution in [0, 0.1) is 0 Å². The van der Waals surface area contributed by atoms with Gasteiger partial charge in [-0.1, -0.05) is 103 Å². The van der Waals surface area contributed by atoms with Gasteiger partial charge in [0.25, 0.3) is 0 Å². The summed E-state index contributed by atoms with van der Waals surface area (Å²) < 4.78 is 28.1. The molecule has 0 aliphatic heterocycles. The van der Waals surface area contributed by atoms with E-state index in [1.54, 1.807) is 7.11 Å². The Morgan fingerprint density at radius 2 is 1.23 bits per heavy atom. The van der Waals surface area contributed by atoms with Crippen molar-refractivity contribution in [3.63, 3.8) is 0 Å². The van der Waals surface area contributed by atoms with Crippen LogP contribution in [0.3, 0.4) is 0 Å². The minimum Gasteiger partial charge on any atom is -0.378 e. The van der Waals surface area contributed by atoms with Gasteiger partial charge in [0.15, 0.2) is 0 Å². The van der Waals surface area contributed by atoms with E-state index >= 15 is 0 Å². The molecule has 7 nitrogen and oxygen atoms in total. The second-order valence-corrected chi connectivity index (χ2v) is 12.4. The number of nitrogens with one attached hydrogen (secondary N) is 1. The van der Waals surface area contributed by atoms with Crippen LogP contribution >= 0.6 is 7.82 Å². The molecule has 0 saturated carbocycles. The molecule has 2 N–H and O–H groups in total. The molecule has 0 amide bonds. The summed E-state index contributed by atoms with van der Waals surface area (Å²) in [5.74, 6) is 0. The van der Waals surface area contributed by atoms with E-state index in [9.17, 15) is 9.46 Å². The standard InChI is InChI=1S/C27H59N2O5P/c1-6-7-8-9-10-11-12-13-14-15-16-17-18-19-20-21-22-28-25-27(32-5)26-34-35(30,31)33-24-23-29(2,3)4/h27-28H,6-26H2,1-5H3/p+1. The number of nitrogens with zero attached hydrogens (tertiary/aromatic N) is 1. The predicted molar refractivity (Wildman–Crippen MR) is 148 cm³/mol. The van der Waals surface area contributed by atoms with Crippen LogP contribution in [0.2, 0.25) is 0 Å². The summed E-state index contributed by atoms with van der Waals surface area (Å²) in [6.45, 7) is 4.63. The lowest BCUT2D eigenvalue weighted by Gasteiger charge is -2.24. The van der Waals surface area contributed by atoms with Crippen molar-refractivity contribution in [1.29, 1.82) is 0 Å². The first-order valence-electron chi connectivity index (χ1n) is 14.4. The number of ether oxygens (including phenoxy) is 1. The Bertz CT molecular complexity index is 502. The topological polar surface area (TPSA) is 77.0 Å². The maximum absolute atomic E-state index is 12.0. The fourth-order valence-corrected chi connectivity index (χ4v) is 4.66. The monoisotopic (exact) mass is 523 g/mol. The highest BCUT2D eigenvalue weighted by Gasteiger charge is 2.24. The summed E-state index contributed by atoms with van der Waals surface area (Å²) in [7, 11) is 3.54. The lowest BCUT2D eigenvalue weighted by molar-refractivity contribution is -0.870. The molecular formula is C27H60N2O5P+. The molecule has 0 aromatic rings. The van der Waals surface area contributed by atoms with Crippen molar-refractivity contribution in [2.75, 3.05) is 61.1 Å². The van der Waals surface area contributed by atoms with Gasteiger partial charge in [0, 0.05) is 13.7 Å². The number of phosphoric acid groups is 1. The van der Waals surface area contributed by atoms with Crippen molar-refractivity contribution in [2.24, 2.45) is 0 Å². The molecule has 0 aliphatic carbocycles. The number of likely N-dealkylation sites (N-methyl/N-ethyl adjacent to an activating group) is 1. The van der Waals surface area contributed by atoms with Crippen molar-refractivity contribution >= 4 is 7.82 Å². The lowest BCUT2D eigenvalue weighted by atomic mass is 10.0. The molecule has 0 saturated heterocycles. The SMILES string of the molecule is CCCCCCCCCCCCCCCCCCNCC(COP(=O)(O)OCC[N+](C)(C)C)OC. The first-order valence-corrected chi connectivity index (χ1v) is 15.9. The van der Waals surface area contributed by atoms with Crippen LogP contribution in [0.5, 0.6) is 0 Å². The van der Waals surface area contributed by atoms with E-state index < -0.39 is 7.82 Å². The summed E-state index contributed by atoms with van der Waals surface area (Å²) in [6, 6.07) is 0. The van der Waals surface area contributed by atoms with Crippen LogP contribution in [0.15, 0.2) is 0 Å². The van der Waals surface area contributed by atoms with Crippen molar-refractivity contribution in [2.45, 2.75) is 116 Å². The van der Waals surface area contributed by atoms with Gasteiger partial charge in [-0.3, -0.25) is 9.05 Å². The summed E-state index contributed by atoms with van der Waals surface area (Å²) >= 11 is 0. The highest BCUT2D eigenvalue weighted by atomic mass is 31.2. The van der Waals surface area contributed by atoms with Crippen LogP contribution in [0.4, 0.5) is 0 Å². The van der Waals surface area contributed by atoms with E-state index in [1.807, 2.05) is 21.1 Å². The van der Waals surface area contributed by atoms with Gasteiger partial charge >= 0.3 is 7.82 Å². The van der Waals surface area contributed by atoms with Crippen molar-refractivity contribution < 1.29 is 27.7 Å².